The van der Waals surface area contributed by atoms with Crippen molar-refractivity contribution in [3.05, 3.63) is 16.3 Å². The average Bonchev–Trinajstić information content (AvgIpc) is 2.71. The minimum Gasteiger partial charge on any atom is -0.299 e. The van der Waals surface area contributed by atoms with E-state index in [1.165, 1.54) is 0 Å². The average molecular weight is 253 g/mol. The number of hydrogen-bond acceptors (Lipinski definition) is 4. The summed E-state index contributed by atoms with van der Waals surface area (Å²) in [5.41, 5.74) is 2.95. The highest BCUT2D eigenvalue weighted by Gasteiger charge is 2.30. The summed E-state index contributed by atoms with van der Waals surface area (Å²) in [6.45, 7) is 1.69. The molecule has 0 aromatic carbocycles. The van der Waals surface area contributed by atoms with Crippen LogP contribution in [0.25, 0.3) is 0 Å². The van der Waals surface area contributed by atoms with Gasteiger partial charge in [-0.3, -0.25) is 19.9 Å². The normalized spacial score (nSPS) is 17.3. The van der Waals surface area contributed by atoms with Crippen LogP contribution in [0.3, 0.4) is 0 Å². The van der Waals surface area contributed by atoms with Crippen LogP contribution in [-0.4, -0.2) is 17.9 Å². The molecule has 1 aromatic heterocycles. The van der Waals surface area contributed by atoms with Gasteiger partial charge in [0, 0.05) is 11.3 Å². The van der Waals surface area contributed by atoms with E-state index in [0.717, 1.165) is 23.4 Å². The zero-order valence-electron chi connectivity index (χ0n) is 9.60. The molecule has 5 nitrogen and oxygen atoms in total. The Labute approximate surface area is 104 Å². The number of amides is 2. The summed E-state index contributed by atoms with van der Waals surface area (Å²) in [4.78, 5) is 26.3. The van der Waals surface area contributed by atoms with Crippen LogP contribution in [-0.2, 0) is 16.0 Å². The number of anilines is 1. The summed E-state index contributed by atoms with van der Waals surface area (Å²) in [7, 11) is 0. The molecule has 0 aliphatic carbocycles. The van der Waals surface area contributed by atoms with E-state index in [0.29, 0.717) is 6.42 Å². The first kappa shape index (κ1) is 12.1. The van der Waals surface area contributed by atoms with Crippen LogP contribution in [0, 0.1) is 0 Å². The van der Waals surface area contributed by atoms with Gasteiger partial charge in [-0.25, -0.2) is 5.84 Å². The van der Waals surface area contributed by atoms with Gasteiger partial charge in [0.05, 0.1) is 5.69 Å². The maximum atomic E-state index is 12.0. The number of thiophene rings is 1. The lowest BCUT2D eigenvalue weighted by Gasteiger charge is -2.26. The summed E-state index contributed by atoms with van der Waals surface area (Å²) < 4.78 is 0. The highest BCUT2D eigenvalue weighted by Crippen LogP contribution is 2.32. The number of nitrogens with one attached hydrogen (secondary N) is 1. The quantitative estimate of drug-likeness (QED) is 0.465. The van der Waals surface area contributed by atoms with Crippen LogP contribution in [0.1, 0.15) is 24.6 Å². The number of hydrazine groups is 1. The molecule has 17 heavy (non-hydrogen) atoms. The van der Waals surface area contributed by atoms with Gasteiger partial charge in [0.15, 0.2) is 0 Å². The first-order chi connectivity index (χ1) is 8.15. The second kappa shape index (κ2) is 4.85. The monoisotopic (exact) mass is 253 g/mol. The second-order valence-electron chi connectivity index (χ2n) is 4.03. The van der Waals surface area contributed by atoms with Gasteiger partial charge in [-0.05, 0) is 31.2 Å². The van der Waals surface area contributed by atoms with Crippen molar-refractivity contribution >= 4 is 28.8 Å². The minimum atomic E-state index is -0.570. The van der Waals surface area contributed by atoms with Crippen LogP contribution < -0.4 is 16.2 Å². The fraction of sp³-hybridized carbons (Fsp3) is 0.455. The highest BCUT2D eigenvalue weighted by atomic mass is 32.1. The Hall–Kier alpha value is -1.40. The summed E-state index contributed by atoms with van der Waals surface area (Å²) in [6, 6.07) is 1.32. The maximum Gasteiger partial charge on any atom is 0.256 e. The number of hydrogen-bond donors (Lipinski definition) is 2. The highest BCUT2D eigenvalue weighted by molar-refractivity contribution is 7.10. The summed E-state index contributed by atoms with van der Waals surface area (Å²) in [5, 5.41) is 1.95. The topological polar surface area (TPSA) is 75.4 Å². The summed E-state index contributed by atoms with van der Waals surface area (Å²) in [5.74, 6) is 4.76. The van der Waals surface area contributed by atoms with Crippen molar-refractivity contribution in [1.29, 1.82) is 0 Å². The van der Waals surface area contributed by atoms with E-state index < -0.39 is 6.04 Å². The number of carbonyl (C=O) groups excluding carboxylic acids is 2. The number of rotatable bonds is 2. The van der Waals surface area contributed by atoms with Gasteiger partial charge >= 0.3 is 0 Å². The van der Waals surface area contributed by atoms with Crippen LogP contribution >= 0.6 is 11.3 Å². The van der Waals surface area contributed by atoms with Gasteiger partial charge < -0.3 is 0 Å². The number of carbonyl (C=O) groups is 2. The molecule has 0 bridgehead atoms. The molecule has 92 valence electrons. The summed E-state index contributed by atoms with van der Waals surface area (Å²) >= 11 is 1.62. The van der Waals surface area contributed by atoms with Gasteiger partial charge in [0.2, 0.25) is 5.91 Å². The van der Waals surface area contributed by atoms with E-state index in [4.69, 9.17) is 5.84 Å². The molecule has 1 aromatic rings. The number of fused-ring (bicyclic) bond motifs is 1. The molecule has 1 atom stereocenters. The molecular formula is C11H15N3O2S. The molecule has 3 N–H and O–H groups in total. The van der Waals surface area contributed by atoms with Gasteiger partial charge in [-0.2, -0.15) is 0 Å². The Morgan fingerprint density at radius 1 is 1.59 bits per heavy atom. The predicted octanol–water partition coefficient (Wildman–Crippen LogP) is 0.796. The maximum absolute atomic E-state index is 12.0. The van der Waals surface area contributed by atoms with Crippen molar-refractivity contribution in [1.82, 2.24) is 5.43 Å². The van der Waals surface area contributed by atoms with E-state index in [-0.39, 0.29) is 11.8 Å². The Bertz CT molecular complexity index is 444. The van der Waals surface area contributed by atoms with Crippen molar-refractivity contribution in [2.24, 2.45) is 5.84 Å². The van der Waals surface area contributed by atoms with Gasteiger partial charge in [0.25, 0.3) is 5.91 Å². The second-order valence-corrected chi connectivity index (χ2v) is 5.03. The van der Waals surface area contributed by atoms with Gasteiger partial charge in [0.1, 0.15) is 6.04 Å². The molecule has 0 fully saturated rings. The summed E-state index contributed by atoms with van der Waals surface area (Å²) in [6.07, 6.45) is 2.20. The SMILES string of the molecule is CC(C(=O)NN)N1C(=O)CCCc2sccc21. The van der Waals surface area contributed by atoms with Gasteiger partial charge in [-0.15, -0.1) is 11.3 Å². The Kier molecular flexibility index (Phi) is 3.44. The standard InChI is InChI=1S/C11H15N3O2S/c1-7(11(16)13-12)14-8-5-6-17-9(8)3-2-4-10(14)15/h5-7H,2-4,12H2,1H3,(H,13,16). The first-order valence-corrected chi connectivity index (χ1v) is 6.42. The Morgan fingerprint density at radius 2 is 2.35 bits per heavy atom. The predicted molar refractivity (Wildman–Crippen MR) is 66.5 cm³/mol. The van der Waals surface area contributed by atoms with Crippen LogP contribution in [0.2, 0.25) is 0 Å². The van der Waals surface area contributed by atoms with E-state index in [1.807, 2.05) is 11.4 Å². The smallest absolute Gasteiger partial charge is 0.256 e. The van der Waals surface area contributed by atoms with Crippen LogP contribution in [0.15, 0.2) is 11.4 Å². The largest absolute Gasteiger partial charge is 0.299 e. The molecule has 2 rings (SSSR count). The third-order valence-electron chi connectivity index (χ3n) is 2.95. The first-order valence-electron chi connectivity index (χ1n) is 5.54. The molecule has 1 aliphatic heterocycles. The van der Waals surface area contributed by atoms with Crippen molar-refractivity contribution in [3.8, 4) is 0 Å². The van der Waals surface area contributed by atoms with Crippen LogP contribution in [0.5, 0.6) is 0 Å². The lowest BCUT2D eigenvalue weighted by atomic mass is 10.2. The van der Waals surface area contributed by atoms with E-state index in [1.54, 1.807) is 23.2 Å². The van der Waals surface area contributed by atoms with Crippen molar-refractivity contribution in [2.45, 2.75) is 32.2 Å². The van der Waals surface area contributed by atoms with E-state index >= 15 is 0 Å². The molecule has 1 aliphatic rings. The fourth-order valence-electron chi connectivity index (χ4n) is 2.05. The number of nitrogens with zero attached hydrogens (tertiary/aromatic N) is 1. The molecule has 0 radical (unpaired) electrons. The Balaban J connectivity index is 2.37. The molecule has 0 saturated carbocycles. The third-order valence-corrected chi connectivity index (χ3v) is 3.92. The third kappa shape index (κ3) is 2.18. The van der Waals surface area contributed by atoms with E-state index in [9.17, 15) is 9.59 Å². The van der Waals surface area contributed by atoms with E-state index in [2.05, 4.69) is 5.43 Å². The Morgan fingerprint density at radius 3 is 3.06 bits per heavy atom. The molecule has 2 heterocycles. The molecule has 2 amide bonds. The fourth-order valence-corrected chi connectivity index (χ4v) is 2.96. The minimum absolute atomic E-state index is 0.0155. The zero-order valence-corrected chi connectivity index (χ0v) is 10.4. The lowest BCUT2D eigenvalue weighted by molar-refractivity contribution is -0.126. The van der Waals surface area contributed by atoms with Gasteiger partial charge in [-0.1, -0.05) is 0 Å². The molecule has 1 unspecified atom stereocenters. The van der Waals surface area contributed by atoms with Crippen LogP contribution in [0.4, 0.5) is 5.69 Å². The number of nitrogens with two attached hydrogens (primary N) is 1. The lowest BCUT2D eigenvalue weighted by Crippen LogP contribution is -2.49. The molecule has 0 saturated heterocycles. The van der Waals surface area contributed by atoms with Crippen molar-refractivity contribution < 1.29 is 9.59 Å². The molecular weight excluding hydrogens is 238 g/mol. The number of aryl methyl sites for hydroxylation is 1. The molecule has 6 heteroatoms. The van der Waals surface area contributed by atoms with Crippen molar-refractivity contribution in [3.63, 3.8) is 0 Å². The van der Waals surface area contributed by atoms with Crippen molar-refractivity contribution in [2.75, 3.05) is 4.90 Å². The zero-order chi connectivity index (χ0) is 12.4. The molecule has 0 spiro atoms.